The van der Waals surface area contributed by atoms with E-state index in [9.17, 15) is 9.59 Å². The highest BCUT2D eigenvalue weighted by Gasteiger charge is 2.22. The Morgan fingerprint density at radius 1 is 1.58 bits per heavy atom. The van der Waals surface area contributed by atoms with Gasteiger partial charge in [0.2, 0.25) is 0 Å². The van der Waals surface area contributed by atoms with E-state index in [4.69, 9.17) is 16.4 Å². The molecule has 2 amide bonds. The lowest BCUT2D eigenvalue weighted by molar-refractivity contribution is -0.170. The first-order valence-electron chi connectivity index (χ1n) is 5.30. The monoisotopic (exact) mass is 349 g/mol. The third-order valence-corrected chi connectivity index (χ3v) is 3.05. The van der Waals surface area contributed by atoms with Crippen LogP contribution in [0.2, 0.25) is 5.02 Å². The largest absolute Gasteiger partial charge is 0.339 e. The Hall–Kier alpha value is -1.18. The first-order valence-corrected chi connectivity index (χ1v) is 6.47. The molecule has 1 heterocycles. The quantitative estimate of drug-likeness (QED) is 0.838. The molecule has 104 valence electrons. The van der Waals surface area contributed by atoms with Gasteiger partial charge in [-0.2, -0.15) is 0 Å². The van der Waals surface area contributed by atoms with E-state index in [1.165, 1.54) is 20.4 Å². The van der Waals surface area contributed by atoms with E-state index in [-0.39, 0.29) is 16.6 Å². The van der Waals surface area contributed by atoms with Gasteiger partial charge in [0, 0.05) is 17.7 Å². The number of hydrogen-bond donors (Lipinski definition) is 1. The van der Waals surface area contributed by atoms with E-state index in [0.29, 0.717) is 4.47 Å². The summed E-state index contributed by atoms with van der Waals surface area (Å²) >= 11 is 9.10. The molecule has 0 spiro atoms. The van der Waals surface area contributed by atoms with Crippen molar-refractivity contribution in [1.29, 1.82) is 0 Å². The number of carbonyl (C=O) groups is 2. The normalized spacial score (nSPS) is 11.8. The Kier molecular flexibility index (Phi) is 5.71. The van der Waals surface area contributed by atoms with Crippen LogP contribution in [0.3, 0.4) is 0 Å². The highest BCUT2D eigenvalue weighted by Crippen LogP contribution is 2.18. The first-order chi connectivity index (χ1) is 8.86. The molecule has 0 aliphatic rings. The molecule has 6 nitrogen and oxygen atoms in total. The van der Waals surface area contributed by atoms with E-state index in [2.05, 4.69) is 26.2 Å². The van der Waals surface area contributed by atoms with E-state index in [1.807, 2.05) is 0 Å². The summed E-state index contributed by atoms with van der Waals surface area (Å²) in [6.45, 7) is 1.54. The van der Waals surface area contributed by atoms with Crippen molar-refractivity contribution in [3.63, 3.8) is 0 Å². The van der Waals surface area contributed by atoms with Crippen LogP contribution in [-0.4, -0.2) is 42.1 Å². The van der Waals surface area contributed by atoms with Gasteiger partial charge in [0.15, 0.2) is 0 Å². The number of pyridine rings is 1. The van der Waals surface area contributed by atoms with Crippen LogP contribution < -0.4 is 5.32 Å². The zero-order chi connectivity index (χ0) is 14.6. The van der Waals surface area contributed by atoms with Crippen LogP contribution in [0.25, 0.3) is 0 Å². The summed E-state index contributed by atoms with van der Waals surface area (Å²) in [6.07, 6.45) is 1.45. The smallest absolute Gasteiger partial charge is 0.272 e. The molecule has 0 aliphatic heterocycles. The van der Waals surface area contributed by atoms with Crippen molar-refractivity contribution in [1.82, 2.24) is 15.4 Å². The highest BCUT2D eigenvalue weighted by molar-refractivity contribution is 9.10. The van der Waals surface area contributed by atoms with Crippen molar-refractivity contribution in [2.45, 2.75) is 13.0 Å². The van der Waals surface area contributed by atoms with Gasteiger partial charge in [0.05, 0.1) is 12.1 Å². The number of hydrogen-bond acceptors (Lipinski definition) is 4. The second-order valence-corrected chi connectivity index (χ2v) is 5.02. The summed E-state index contributed by atoms with van der Waals surface area (Å²) < 4.78 is 0.664. The SMILES string of the molecule is CON(C)C(=O)[C@H](C)NC(=O)c1ncc(Br)cc1Cl. The minimum Gasteiger partial charge on any atom is -0.339 e. The maximum Gasteiger partial charge on any atom is 0.272 e. The summed E-state index contributed by atoms with van der Waals surface area (Å²) in [6, 6.07) is 0.802. The van der Waals surface area contributed by atoms with Crippen LogP contribution in [0, 0.1) is 0 Å². The number of nitrogens with one attached hydrogen (secondary N) is 1. The molecule has 1 aromatic heterocycles. The van der Waals surface area contributed by atoms with Crippen LogP contribution in [-0.2, 0) is 9.63 Å². The molecule has 0 aromatic carbocycles. The summed E-state index contributed by atoms with van der Waals surface area (Å²) in [5.74, 6) is -0.910. The number of halogens is 2. The van der Waals surface area contributed by atoms with Gasteiger partial charge in [0.25, 0.3) is 11.8 Å². The molecule has 0 aliphatic carbocycles. The lowest BCUT2D eigenvalue weighted by Gasteiger charge is -2.19. The third kappa shape index (κ3) is 4.15. The second kappa shape index (κ2) is 6.83. The fourth-order valence-electron chi connectivity index (χ4n) is 1.27. The summed E-state index contributed by atoms with van der Waals surface area (Å²) in [5.41, 5.74) is 0.0598. The number of hydroxylamine groups is 2. The van der Waals surface area contributed by atoms with Gasteiger partial charge in [-0.15, -0.1) is 0 Å². The molecule has 8 heteroatoms. The van der Waals surface area contributed by atoms with Gasteiger partial charge in [-0.25, -0.2) is 10.0 Å². The molecule has 19 heavy (non-hydrogen) atoms. The van der Waals surface area contributed by atoms with Gasteiger partial charge in [-0.3, -0.25) is 14.4 Å². The van der Waals surface area contributed by atoms with Crippen LogP contribution >= 0.6 is 27.5 Å². The lowest BCUT2D eigenvalue weighted by atomic mass is 10.2. The Bertz CT molecular complexity index is 498. The van der Waals surface area contributed by atoms with Gasteiger partial charge in [0.1, 0.15) is 11.7 Å². The van der Waals surface area contributed by atoms with E-state index in [1.54, 1.807) is 13.0 Å². The Morgan fingerprint density at radius 2 is 2.21 bits per heavy atom. The molecule has 0 fully saturated rings. The summed E-state index contributed by atoms with van der Waals surface area (Å²) in [4.78, 5) is 32.3. The van der Waals surface area contributed by atoms with Crippen LogP contribution in [0.5, 0.6) is 0 Å². The van der Waals surface area contributed by atoms with Gasteiger partial charge in [-0.05, 0) is 28.9 Å². The molecule has 1 atom stereocenters. The zero-order valence-electron chi connectivity index (χ0n) is 10.6. The van der Waals surface area contributed by atoms with Crippen LogP contribution in [0.1, 0.15) is 17.4 Å². The maximum absolute atomic E-state index is 11.9. The Morgan fingerprint density at radius 3 is 2.74 bits per heavy atom. The lowest BCUT2D eigenvalue weighted by Crippen LogP contribution is -2.45. The minimum atomic E-state index is -0.751. The van der Waals surface area contributed by atoms with Crippen molar-refractivity contribution in [2.75, 3.05) is 14.2 Å². The van der Waals surface area contributed by atoms with Crippen molar-refractivity contribution in [3.8, 4) is 0 Å². The molecule has 0 radical (unpaired) electrons. The van der Waals surface area contributed by atoms with E-state index >= 15 is 0 Å². The van der Waals surface area contributed by atoms with Crippen molar-refractivity contribution in [2.24, 2.45) is 0 Å². The molecular weight excluding hydrogens is 337 g/mol. The average Bonchev–Trinajstić information content (AvgIpc) is 2.36. The van der Waals surface area contributed by atoms with Crippen molar-refractivity contribution >= 4 is 39.3 Å². The van der Waals surface area contributed by atoms with Crippen molar-refractivity contribution < 1.29 is 14.4 Å². The maximum atomic E-state index is 11.9. The van der Waals surface area contributed by atoms with Crippen molar-refractivity contribution in [3.05, 3.63) is 27.5 Å². The topological polar surface area (TPSA) is 71.5 Å². The fourth-order valence-corrected chi connectivity index (χ4v) is 1.99. The third-order valence-electron chi connectivity index (χ3n) is 2.33. The number of rotatable bonds is 4. The summed E-state index contributed by atoms with van der Waals surface area (Å²) in [7, 11) is 2.81. The molecule has 0 saturated heterocycles. The number of nitrogens with zero attached hydrogens (tertiary/aromatic N) is 2. The standard InChI is InChI=1S/C11H13BrClN3O3/c1-6(11(18)16(2)19-3)15-10(17)9-8(13)4-7(12)5-14-9/h4-6H,1-3H3,(H,15,17)/t6-/m0/s1. The molecule has 1 aromatic rings. The molecule has 1 rings (SSSR count). The number of aromatic nitrogens is 1. The molecule has 0 bridgehead atoms. The molecule has 0 unspecified atom stereocenters. The predicted molar refractivity (Wildman–Crippen MR) is 73.7 cm³/mol. The van der Waals surface area contributed by atoms with Gasteiger partial charge in [-0.1, -0.05) is 11.6 Å². The highest BCUT2D eigenvalue weighted by atomic mass is 79.9. The molecule has 0 saturated carbocycles. The molecule has 1 N–H and O–H groups in total. The van der Waals surface area contributed by atoms with Crippen LogP contribution in [0.4, 0.5) is 0 Å². The second-order valence-electron chi connectivity index (χ2n) is 3.70. The van der Waals surface area contributed by atoms with E-state index in [0.717, 1.165) is 5.06 Å². The number of amides is 2. The average molecular weight is 351 g/mol. The van der Waals surface area contributed by atoms with Gasteiger partial charge >= 0.3 is 0 Å². The van der Waals surface area contributed by atoms with E-state index < -0.39 is 11.9 Å². The Labute approximate surface area is 124 Å². The molecular formula is C11H13BrClN3O3. The zero-order valence-corrected chi connectivity index (χ0v) is 12.9. The number of likely N-dealkylation sites (N-methyl/N-ethyl adjacent to an activating group) is 1. The predicted octanol–water partition coefficient (Wildman–Crippen LogP) is 1.64. The summed E-state index contributed by atoms with van der Waals surface area (Å²) in [5, 5.41) is 3.73. The van der Waals surface area contributed by atoms with Crippen LogP contribution in [0.15, 0.2) is 16.7 Å². The number of carbonyl (C=O) groups excluding carboxylic acids is 2. The Balaban J connectivity index is 2.77. The first kappa shape index (κ1) is 15.9. The minimum absolute atomic E-state index is 0.0598. The fraction of sp³-hybridized carbons (Fsp3) is 0.364. The van der Waals surface area contributed by atoms with Gasteiger partial charge < -0.3 is 5.32 Å².